The second kappa shape index (κ2) is 5.04. The molecule has 0 bridgehead atoms. The van der Waals surface area contributed by atoms with E-state index in [1.54, 1.807) is 0 Å². The van der Waals surface area contributed by atoms with E-state index in [1.165, 1.54) is 0 Å². The van der Waals surface area contributed by atoms with Crippen molar-refractivity contribution < 1.29 is 51.4 Å². The van der Waals surface area contributed by atoms with Crippen LogP contribution >= 0.6 is 0 Å². The van der Waals surface area contributed by atoms with E-state index in [0.717, 1.165) is 22.0 Å². The average molecular weight is 247 g/mol. The third kappa shape index (κ3) is 2.26. The molecule has 2 aromatic carbocycles. The molecular weight excluding hydrogens is 237 g/mol. The van der Waals surface area contributed by atoms with Crippen molar-refractivity contribution in [2.24, 2.45) is 0 Å². The van der Waals surface area contributed by atoms with E-state index in [2.05, 4.69) is 11.1 Å². The molecule has 0 aliphatic rings. The number of hydrogen-bond donors (Lipinski definition) is 1. The summed E-state index contributed by atoms with van der Waals surface area (Å²) in [6.45, 7) is 1.96. The second-order valence-electron chi connectivity index (χ2n) is 3.97. The number of fused-ring (bicyclic) bond motifs is 2. The van der Waals surface area contributed by atoms with Crippen LogP contribution in [0.25, 0.3) is 21.8 Å². The topological polar surface area (TPSA) is 32.9 Å². The molecule has 0 atom stereocenters. The first-order chi connectivity index (χ1) is 7.75. The minimum absolute atomic E-state index is 0. The van der Waals surface area contributed by atoms with E-state index >= 15 is 0 Å². The van der Waals surface area contributed by atoms with E-state index < -0.39 is 0 Å². The monoisotopic (exact) mass is 247 g/mol. The molecule has 0 aliphatic heterocycles. The molecule has 0 spiro atoms. The Kier molecular flexibility index (Phi) is 3.85. The minimum atomic E-state index is 0. The molecule has 0 radical (unpaired) electrons. The molecule has 3 heteroatoms. The number of H-pyrrole nitrogens is 1. The SMILES string of the molecule is Cc1c[c-]c2[nH]c3ccccc3c(=O)c2c1.[K+]. The molecule has 1 N–H and O–H groups in total. The first-order valence-electron chi connectivity index (χ1n) is 5.19. The Hall–Kier alpha value is -0.454. The number of hydrogen-bond acceptors (Lipinski definition) is 1. The minimum Gasteiger partial charge on any atom is -0.377 e. The summed E-state index contributed by atoms with van der Waals surface area (Å²) in [5.41, 5.74) is 2.76. The number of pyridine rings is 1. The van der Waals surface area contributed by atoms with Crippen LogP contribution in [0.3, 0.4) is 0 Å². The number of benzene rings is 2. The third-order valence-electron chi connectivity index (χ3n) is 2.76. The van der Waals surface area contributed by atoms with Gasteiger partial charge in [0.1, 0.15) is 5.43 Å². The molecule has 17 heavy (non-hydrogen) atoms. The summed E-state index contributed by atoms with van der Waals surface area (Å²) < 4.78 is 0. The van der Waals surface area contributed by atoms with Gasteiger partial charge in [0.25, 0.3) is 0 Å². The zero-order chi connectivity index (χ0) is 11.1. The maximum atomic E-state index is 12.2. The summed E-state index contributed by atoms with van der Waals surface area (Å²) in [6.07, 6.45) is 0. The van der Waals surface area contributed by atoms with Crippen LogP contribution < -0.4 is 56.8 Å². The van der Waals surface area contributed by atoms with Gasteiger partial charge < -0.3 is 9.78 Å². The Bertz CT molecular complexity index is 746. The summed E-state index contributed by atoms with van der Waals surface area (Å²) in [4.78, 5) is 15.4. The Morgan fingerprint density at radius 1 is 1.18 bits per heavy atom. The van der Waals surface area contributed by atoms with E-state index in [0.29, 0.717) is 5.39 Å². The van der Waals surface area contributed by atoms with Gasteiger partial charge >= 0.3 is 51.4 Å². The fourth-order valence-corrected chi connectivity index (χ4v) is 1.96. The molecule has 0 amide bonds. The molecule has 1 aromatic heterocycles. The summed E-state index contributed by atoms with van der Waals surface area (Å²) in [5, 5.41) is 1.44. The second-order valence-corrected chi connectivity index (χ2v) is 3.97. The summed E-state index contributed by atoms with van der Waals surface area (Å²) in [5.74, 6) is 0. The maximum absolute atomic E-state index is 12.2. The largest absolute Gasteiger partial charge is 1.00 e. The molecular formula is C14H10KNO. The Balaban J connectivity index is 0.00000108. The van der Waals surface area contributed by atoms with Crippen LogP contribution in [0.4, 0.5) is 0 Å². The number of aromatic nitrogens is 1. The first kappa shape index (κ1) is 13.0. The Labute approximate surface area is 141 Å². The first-order valence-corrected chi connectivity index (χ1v) is 5.19. The molecule has 0 aliphatic carbocycles. The van der Waals surface area contributed by atoms with Gasteiger partial charge in [-0.2, -0.15) is 23.8 Å². The molecule has 0 unspecified atom stereocenters. The summed E-state index contributed by atoms with van der Waals surface area (Å²) in [7, 11) is 0. The zero-order valence-corrected chi connectivity index (χ0v) is 13.0. The van der Waals surface area contributed by atoms with E-state index in [1.807, 2.05) is 43.3 Å². The molecule has 1 heterocycles. The van der Waals surface area contributed by atoms with Gasteiger partial charge in [-0.05, 0) is 6.07 Å². The Morgan fingerprint density at radius 2 is 1.94 bits per heavy atom. The predicted octanol–water partition coefficient (Wildman–Crippen LogP) is -0.206. The maximum Gasteiger partial charge on any atom is 1.00 e. The van der Waals surface area contributed by atoms with Crippen LogP contribution in [-0.4, -0.2) is 4.98 Å². The van der Waals surface area contributed by atoms with Gasteiger partial charge in [-0.25, -0.2) is 0 Å². The van der Waals surface area contributed by atoms with Gasteiger partial charge in [0.15, 0.2) is 0 Å². The van der Waals surface area contributed by atoms with Crippen LogP contribution in [-0.2, 0) is 0 Å². The molecule has 2 nitrogen and oxygen atoms in total. The van der Waals surface area contributed by atoms with Crippen molar-refractivity contribution in [3.05, 3.63) is 58.3 Å². The number of para-hydroxylation sites is 1. The van der Waals surface area contributed by atoms with Crippen LogP contribution in [0.15, 0.2) is 41.2 Å². The van der Waals surface area contributed by atoms with Crippen molar-refractivity contribution in [3.63, 3.8) is 0 Å². The van der Waals surface area contributed by atoms with Crippen molar-refractivity contribution in [2.45, 2.75) is 6.92 Å². The zero-order valence-electron chi connectivity index (χ0n) is 9.87. The number of nitrogens with one attached hydrogen (secondary N) is 1. The molecule has 0 fully saturated rings. The summed E-state index contributed by atoms with van der Waals surface area (Å²) >= 11 is 0. The molecule has 3 rings (SSSR count). The standard InChI is InChI=1S/C14H10NO.K/c1-9-6-7-13-11(8-9)14(16)10-4-2-3-5-12(10)15-13;/h2-6,8H,1H3,(H,15,16);/q-1;+1. The van der Waals surface area contributed by atoms with E-state index in [4.69, 9.17) is 0 Å². The fourth-order valence-electron chi connectivity index (χ4n) is 1.96. The number of aromatic amines is 1. The number of rotatable bonds is 0. The van der Waals surface area contributed by atoms with E-state index in [-0.39, 0.29) is 56.8 Å². The average Bonchev–Trinajstić information content (AvgIpc) is 2.31. The molecule has 0 saturated carbocycles. The van der Waals surface area contributed by atoms with Crippen LogP contribution in [0.2, 0.25) is 0 Å². The normalized spacial score (nSPS) is 10.4. The smallest absolute Gasteiger partial charge is 0.377 e. The van der Waals surface area contributed by atoms with Crippen molar-refractivity contribution in [1.29, 1.82) is 0 Å². The van der Waals surface area contributed by atoms with Crippen molar-refractivity contribution in [2.75, 3.05) is 0 Å². The third-order valence-corrected chi connectivity index (χ3v) is 2.76. The van der Waals surface area contributed by atoms with E-state index in [9.17, 15) is 4.79 Å². The fraction of sp³-hybridized carbons (Fsp3) is 0.0714. The van der Waals surface area contributed by atoms with Crippen molar-refractivity contribution >= 4 is 21.8 Å². The molecule has 0 saturated heterocycles. The van der Waals surface area contributed by atoms with Crippen LogP contribution in [0, 0.1) is 13.0 Å². The quantitative estimate of drug-likeness (QED) is 0.333. The van der Waals surface area contributed by atoms with Gasteiger partial charge in [0.05, 0.1) is 0 Å². The van der Waals surface area contributed by atoms with Crippen LogP contribution in [0.5, 0.6) is 0 Å². The summed E-state index contributed by atoms with van der Waals surface area (Å²) in [6, 6.07) is 14.4. The molecule has 78 valence electrons. The predicted molar refractivity (Wildman–Crippen MR) is 65.6 cm³/mol. The molecule has 3 aromatic rings. The van der Waals surface area contributed by atoms with Gasteiger partial charge in [0.2, 0.25) is 0 Å². The van der Waals surface area contributed by atoms with Gasteiger partial charge in [0, 0.05) is 10.9 Å². The number of aryl methyl sites for hydroxylation is 1. The van der Waals surface area contributed by atoms with Gasteiger partial charge in [-0.15, -0.1) is 0 Å². The Morgan fingerprint density at radius 3 is 2.76 bits per heavy atom. The van der Waals surface area contributed by atoms with Crippen molar-refractivity contribution in [3.8, 4) is 0 Å². The van der Waals surface area contributed by atoms with Gasteiger partial charge in [-0.1, -0.05) is 36.0 Å². The van der Waals surface area contributed by atoms with Crippen molar-refractivity contribution in [1.82, 2.24) is 4.98 Å². The van der Waals surface area contributed by atoms with Gasteiger partial charge in [-0.3, -0.25) is 0 Å². The van der Waals surface area contributed by atoms with Crippen LogP contribution in [0.1, 0.15) is 5.56 Å².